The molecule has 0 saturated carbocycles. The van der Waals surface area contributed by atoms with Crippen molar-refractivity contribution in [3.8, 4) is 0 Å². The lowest BCUT2D eigenvalue weighted by atomic mass is 10.2. The first-order chi connectivity index (χ1) is 9.47. The zero-order valence-electron chi connectivity index (χ0n) is 12.2. The molecule has 4 nitrogen and oxygen atoms in total. The van der Waals surface area contributed by atoms with E-state index in [1.54, 1.807) is 0 Å². The van der Waals surface area contributed by atoms with Crippen LogP contribution < -0.4 is 4.90 Å². The summed E-state index contributed by atoms with van der Waals surface area (Å²) in [5.74, 6) is -0.219. The third kappa shape index (κ3) is 3.85. The predicted octanol–water partition coefficient (Wildman–Crippen LogP) is 2.76. The van der Waals surface area contributed by atoms with Crippen molar-refractivity contribution < 1.29 is 9.53 Å². The molecule has 5 heteroatoms. The van der Waals surface area contributed by atoms with Crippen molar-refractivity contribution >= 4 is 34.2 Å². The van der Waals surface area contributed by atoms with Crippen molar-refractivity contribution in [1.29, 1.82) is 0 Å². The molecule has 1 fully saturated rings. The van der Waals surface area contributed by atoms with Gasteiger partial charge in [-0.25, -0.2) is 4.79 Å². The van der Waals surface area contributed by atoms with Gasteiger partial charge in [-0.2, -0.15) is 0 Å². The number of carbonyl (C=O) groups excluding carboxylic acids is 1. The van der Waals surface area contributed by atoms with Gasteiger partial charge in [0.2, 0.25) is 0 Å². The van der Waals surface area contributed by atoms with E-state index in [1.165, 1.54) is 0 Å². The highest BCUT2D eigenvalue weighted by molar-refractivity contribution is 14.1. The van der Waals surface area contributed by atoms with Crippen LogP contribution in [0.25, 0.3) is 0 Å². The Bertz CT molecular complexity index is 459. The molecule has 0 aromatic heterocycles. The number of esters is 1. The van der Waals surface area contributed by atoms with Gasteiger partial charge in [-0.3, -0.25) is 4.90 Å². The van der Waals surface area contributed by atoms with Gasteiger partial charge in [-0.1, -0.05) is 22.6 Å². The minimum atomic E-state index is -0.219. The van der Waals surface area contributed by atoms with E-state index in [0.717, 1.165) is 25.2 Å². The second kappa shape index (κ2) is 6.76. The topological polar surface area (TPSA) is 32.8 Å². The fourth-order valence-corrected chi connectivity index (χ4v) is 2.79. The van der Waals surface area contributed by atoms with Gasteiger partial charge in [0.25, 0.3) is 0 Å². The number of nitrogens with zero attached hydrogens (tertiary/aromatic N) is 2. The SMILES string of the molecule is CC(I)N1CCC(OC(=O)c2ccc(N(C)C)cc2)C1. The molecule has 1 aromatic rings. The van der Waals surface area contributed by atoms with Crippen LogP contribution in [0.5, 0.6) is 0 Å². The van der Waals surface area contributed by atoms with Gasteiger partial charge < -0.3 is 9.64 Å². The lowest BCUT2D eigenvalue weighted by Gasteiger charge is -2.18. The standard InChI is InChI=1S/C15H21IN2O2/c1-11(16)18-9-8-14(10-18)20-15(19)12-4-6-13(7-5-12)17(2)3/h4-7,11,14H,8-10H2,1-3H3. The van der Waals surface area contributed by atoms with Crippen LogP contribution in [0, 0.1) is 0 Å². The number of likely N-dealkylation sites (tertiary alicyclic amines) is 1. The van der Waals surface area contributed by atoms with Crippen LogP contribution in [0.15, 0.2) is 24.3 Å². The number of benzene rings is 1. The summed E-state index contributed by atoms with van der Waals surface area (Å²) in [7, 11) is 3.96. The maximum atomic E-state index is 12.1. The molecule has 1 aliphatic heterocycles. The van der Waals surface area contributed by atoms with Crippen molar-refractivity contribution in [2.45, 2.75) is 23.5 Å². The van der Waals surface area contributed by atoms with E-state index in [1.807, 2.05) is 43.3 Å². The van der Waals surface area contributed by atoms with Gasteiger partial charge in [0.05, 0.1) is 9.61 Å². The van der Waals surface area contributed by atoms with Gasteiger partial charge in [0.15, 0.2) is 0 Å². The number of hydrogen-bond acceptors (Lipinski definition) is 4. The lowest BCUT2D eigenvalue weighted by molar-refractivity contribution is 0.0322. The van der Waals surface area contributed by atoms with Crippen LogP contribution in [0.1, 0.15) is 23.7 Å². The molecule has 0 bridgehead atoms. The van der Waals surface area contributed by atoms with Gasteiger partial charge in [0, 0.05) is 32.9 Å². The Morgan fingerprint density at radius 2 is 2.05 bits per heavy atom. The van der Waals surface area contributed by atoms with E-state index in [-0.39, 0.29) is 12.1 Å². The smallest absolute Gasteiger partial charge is 0.338 e. The maximum absolute atomic E-state index is 12.1. The molecule has 0 N–H and O–H groups in total. The molecule has 1 saturated heterocycles. The van der Waals surface area contributed by atoms with Crippen molar-refractivity contribution in [2.24, 2.45) is 0 Å². The van der Waals surface area contributed by atoms with E-state index < -0.39 is 0 Å². The lowest BCUT2D eigenvalue weighted by Crippen LogP contribution is -2.28. The summed E-state index contributed by atoms with van der Waals surface area (Å²) in [6.45, 7) is 4.00. The molecule has 0 amide bonds. The second-order valence-electron chi connectivity index (χ2n) is 5.33. The van der Waals surface area contributed by atoms with E-state index >= 15 is 0 Å². The summed E-state index contributed by atoms with van der Waals surface area (Å²) < 4.78 is 6.06. The van der Waals surface area contributed by atoms with Gasteiger partial charge in [-0.15, -0.1) is 0 Å². The number of ether oxygens (including phenoxy) is 1. The molecule has 2 unspecified atom stereocenters. The van der Waals surface area contributed by atoms with Crippen LogP contribution in [-0.4, -0.2) is 48.2 Å². The Labute approximate surface area is 134 Å². The largest absolute Gasteiger partial charge is 0.457 e. The first-order valence-electron chi connectivity index (χ1n) is 6.84. The summed E-state index contributed by atoms with van der Waals surface area (Å²) in [5, 5.41) is 0. The zero-order valence-corrected chi connectivity index (χ0v) is 14.3. The molecule has 0 radical (unpaired) electrons. The molecule has 20 heavy (non-hydrogen) atoms. The Morgan fingerprint density at radius 1 is 1.40 bits per heavy atom. The number of carbonyl (C=O) groups is 1. The summed E-state index contributed by atoms with van der Waals surface area (Å²) in [6.07, 6.45) is 0.947. The summed E-state index contributed by atoms with van der Waals surface area (Å²) in [4.78, 5) is 16.4. The van der Waals surface area contributed by atoms with E-state index in [9.17, 15) is 4.79 Å². The highest BCUT2D eigenvalue weighted by Gasteiger charge is 2.27. The predicted molar refractivity (Wildman–Crippen MR) is 89.6 cm³/mol. The summed E-state index contributed by atoms with van der Waals surface area (Å²) in [6, 6.07) is 7.52. The third-order valence-corrected chi connectivity index (χ3v) is 4.36. The number of hydrogen-bond donors (Lipinski definition) is 0. The first-order valence-corrected chi connectivity index (χ1v) is 8.08. The Morgan fingerprint density at radius 3 is 2.55 bits per heavy atom. The molecule has 0 aliphatic carbocycles. The van der Waals surface area contributed by atoms with Crippen LogP contribution >= 0.6 is 22.6 Å². The van der Waals surface area contributed by atoms with Crippen molar-refractivity contribution in [3.63, 3.8) is 0 Å². The number of anilines is 1. The number of rotatable bonds is 4. The van der Waals surface area contributed by atoms with Crippen LogP contribution in [-0.2, 0) is 4.74 Å². The molecule has 1 aromatic carbocycles. The Balaban J connectivity index is 1.92. The molecule has 0 spiro atoms. The normalized spacial score (nSPS) is 20.7. The monoisotopic (exact) mass is 388 g/mol. The first kappa shape index (κ1) is 15.6. The minimum Gasteiger partial charge on any atom is -0.457 e. The average Bonchev–Trinajstić information content (AvgIpc) is 2.87. The third-order valence-electron chi connectivity index (χ3n) is 3.57. The second-order valence-corrected chi connectivity index (χ2v) is 7.13. The zero-order chi connectivity index (χ0) is 14.7. The van der Waals surface area contributed by atoms with Crippen molar-refractivity contribution in [2.75, 3.05) is 32.1 Å². The highest BCUT2D eigenvalue weighted by Crippen LogP contribution is 2.20. The Kier molecular flexibility index (Phi) is 5.26. The molecule has 1 heterocycles. The molecular formula is C15H21IN2O2. The highest BCUT2D eigenvalue weighted by atomic mass is 127. The molecular weight excluding hydrogens is 367 g/mol. The van der Waals surface area contributed by atoms with E-state index in [0.29, 0.717) is 9.61 Å². The summed E-state index contributed by atoms with van der Waals surface area (Å²) in [5.41, 5.74) is 1.70. The van der Waals surface area contributed by atoms with Crippen molar-refractivity contribution in [1.82, 2.24) is 4.90 Å². The fraction of sp³-hybridized carbons (Fsp3) is 0.533. The minimum absolute atomic E-state index is 0.0215. The molecule has 2 rings (SSSR count). The van der Waals surface area contributed by atoms with Gasteiger partial charge in [0.1, 0.15) is 6.10 Å². The van der Waals surface area contributed by atoms with Gasteiger partial charge >= 0.3 is 5.97 Å². The van der Waals surface area contributed by atoms with Gasteiger partial charge in [-0.05, 0) is 37.6 Å². The Hall–Kier alpha value is -0.820. The van der Waals surface area contributed by atoms with Crippen LogP contribution in [0.3, 0.4) is 0 Å². The molecule has 110 valence electrons. The molecule has 2 atom stereocenters. The molecule has 1 aliphatic rings. The number of halogens is 1. The number of alkyl halides is 1. The van der Waals surface area contributed by atoms with E-state index in [2.05, 4.69) is 34.4 Å². The fourth-order valence-electron chi connectivity index (χ4n) is 2.29. The van der Waals surface area contributed by atoms with E-state index in [4.69, 9.17) is 4.74 Å². The van der Waals surface area contributed by atoms with Crippen LogP contribution in [0.4, 0.5) is 5.69 Å². The quantitative estimate of drug-likeness (QED) is 0.344. The van der Waals surface area contributed by atoms with Crippen LogP contribution in [0.2, 0.25) is 0 Å². The average molecular weight is 388 g/mol. The van der Waals surface area contributed by atoms with Crippen molar-refractivity contribution in [3.05, 3.63) is 29.8 Å². The summed E-state index contributed by atoms with van der Waals surface area (Å²) >= 11 is 2.39. The maximum Gasteiger partial charge on any atom is 0.338 e.